The normalized spacial score (nSPS) is 11.6. The minimum atomic E-state index is -0.602. The Kier molecular flexibility index (Phi) is 6.25. The minimum Gasteiger partial charge on any atom is -0.506 e. The summed E-state index contributed by atoms with van der Waals surface area (Å²) in [6.45, 7) is -0.284. The van der Waals surface area contributed by atoms with Crippen molar-refractivity contribution >= 4 is 39.8 Å². The number of hydrogen-bond acceptors (Lipinski definition) is 6. The number of hydrogen-bond donors (Lipinski definition) is 4. The molecule has 1 heterocycles. The fraction of sp³-hybridized carbons (Fsp3) is 0.105. The van der Waals surface area contributed by atoms with Crippen molar-refractivity contribution in [1.82, 2.24) is 10.3 Å². The van der Waals surface area contributed by atoms with Gasteiger partial charge in [-0.15, -0.1) is 11.3 Å². The van der Waals surface area contributed by atoms with Crippen LogP contribution < -0.4 is 10.6 Å². The maximum atomic E-state index is 12.6. The Labute approximate surface area is 169 Å². The number of amides is 2. The zero-order valence-electron chi connectivity index (χ0n) is 14.4. The molecule has 1 atom stereocenters. The number of thiazole rings is 1. The molecule has 144 valence electrons. The molecule has 0 radical (unpaired) electrons. The molecule has 1 aromatic heterocycles. The van der Waals surface area contributed by atoms with Gasteiger partial charge in [0.05, 0.1) is 23.2 Å². The lowest BCUT2D eigenvalue weighted by molar-refractivity contribution is 0.0912. The quantitative estimate of drug-likeness (QED) is 0.492. The largest absolute Gasteiger partial charge is 0.506 e. The number of benzene rings is 2. The monoisotopic (exact) mass is 417 g/mol. The second kappa shape index (κ2) is 8.83. The highest BCUT2D eigenvalue weighted by atomic mass is 35.5. The molecule has 3 aromatic rings. The predicted molar refractivity (Wildman–Crippen MR) is 107 cm³/mol. The lowest BCUT2D eigenvalue weighted by atomic mass is 10.1. The maximum Gasteiger partial charge on any atom is 0.273 e. The summed E-state index contributed by atoms with van der Waals surface area (Å²) in [6.07, 6.45) is 0. The third-order valence-corrected chi connectivity index (χ3v) is 4.95. The number of aromatic hydroxyl groups is 1. The first-order chi connectivity index (χ1) is 13.5. The van der Waals surface area contributed by atoms with Crippen LogP contribution >= 0.6 is 22.9 Å². The number of phenolic OH excluding ortho intramolecular Hbond substituents is 1. The van der Waals surface area contributed by atoms with Gasteiger partial charge in [-0.2, -0.15) is 0 Å². The van der Waals surface area contributed by atoms with Gasteiger partial charge < -0.3 is 20.8 Å². The molecule has 0 fully saturated rings. The summed E-state index contributed by atoms with van der Waals surface area (Å²) < 4.78 is 0. The van der Waals surface area contributed by atoms with Crippen LogP contribution in [0.1, 0.15) is 32.5 Å². The minimum absolute atomic E-state index is 0.0395. The van der Waals surface area contributed by atoms with E-state index in [0.29, 0.717) is 0 Å². The van der Waals surface area contributed by atoms with E-state index in [4.69, 9.17) is 11.6 Å². The van der Waals surface area contributed by atoms with Gasteiger partial charge in [-0.1, -0.05) is 41.9 Å². The van der Waals surface area contributed by atoms with Gasteiger partial charge in [0.15, 0.2) is 5.69 Å². The molecular formula is C19H16ClN3O4S. The number of aromatic nitrogens is 1. The number of nitrogens with zero attached hydrogens (tertiary/aromatic N) is 1. The molecule has 0 aliphatic heterocycles. The Morgan fingerprint density at radius 3 is 2.57 bits per heavy atom. The van der Waals surface area contributed by atoms with Gasteiger partial charge in [-0.3, -0.25) is 9.59 Å². The van der Waals surface area contributed by atoms with Crippen LogP contribution in [0.15, 0.2) is 54.0 Å². The van der Waals surface area contributed by atoms with Gasteiger partial charge in [-0.05, 0) is 23.8 Å². The molecule has 0 unspecified atom stereocenters. The SMILES string of the molecule is O=C(Nc1scnc1C(=O)N[C@@H](CO)c1ccccc1)c1ccc(O)c(Cl)c1. The van der Waals surface area contributed by atoms with Gasteiger partial charge in [0.25, 0.3) is 11.8 Å². The van der Waals surface area contributed by atoms with Crippen LogP contribution in [0.2, 0.25) is 5.02 Å². The van der Waals surface area contributed by atoms with Crippen LogP contribution in [0, 0.1) is 0 Å². The first-order valence-electron chi connectivity index (χ1n) is 8.19. The molecule has 3 rings (SSSR count). The number of halogens is 1. The van der Waals surface area contributed by atoms with E-state index in [1.165, 1.54) is 23.7 Å². The second-order valence-corrected chi connectivity index (χ2v) is 7.03. The van der Waals surface area contributed by atoms with E-state index in [1.807, 2.05) is 6.07 Å². The van der Waals surface area contributed by atoms with Crippen LogP contribution in [-0.4, -0.2) is 33.6 Å². The summed E-state index contributed by atoms with van der Waals surface area (Å²) in [7, 11) is 0. The number of carbonyl (C=O) groups excluding carboxylic acids is 2. The number of anilines is 1. The Hall–Kier alpha value is -2.94. The molecule has 7 nitrogen and oxygen atoms in total. The summed E-state index contributed by atoms with van der Waals surface area (Å²) in [5.74, 6) is -1.16. The van der Waals surface area contributed by atoms with Crippen molar-refractivity contribution in [1.29, 1.82) is 0 Å². The van der Waals surface area contributed by atoms with E-state index in [0.717, 1.165) is 16.9 Å². The van der Waals surface area contributed by atoms with E-state index < -0.39 is 17.9 Å². The highest BCUT2D eigenvalue weighted by Gasteiger charge is 2.21. The molecule has 2 amide bonds. The number of nitrogens with one attached hydrogen (secondary N) is 2. The van der Waals surface area contributed by atoms with E-state index in [-0.39, 0.29) is 33.6 Å². The molecule has 0 saturated carbocycles. The smallest absolute Gasteiger partial charge is 0.273 e. The first kappa shape index (κ1) is 19.8. The Bertz CT molecular complexity index is 994. The standard InChI is InChI=1S/C19H16ClN3O4S/c20-13-8-12(6-7-15(13)25)17(26)23-19-16(21-10-28-19)18(27)22-14(9-24)11-4-2-1-3-5-11/h1-8,10,14,24-25H,9H2,(H,22,27)(H,23,26)/t14-/m0/s1. The van der Waals surface area contributed by atoms with Crippen molar-refractivity contribution in [2.24, 2.45) is 0 Å². The molecule has 28 heavy (non-hydrogen) atoms. The van der Waals surface area contributed by atoms with E-state index in [9.17, 15) is 19.8 Å². The van der Waals surface area contributed by atoms with Gasteiger partial charge in [0.1, 0.15) is 10.8 Å². The number of rotatable bonds is 6. The number of carbonyl (C=O) groups is 2. The number of phenols is 1. The maximum absolute atomic E-state index is 12.6. The Morgan fingerprint density at radius 2 is 1.89 bits per heavy atom. The fourth-order valence-corrected chi connectivity index (χ4v) is 3.32. The fourth-order valence-electron chi connectivity index (χ4n) is 2.47. The summed E-state index contributed by atoms with van der Waals surface area (Å²) in [6, 6.07) is 12.5. The van der Waals surface area contributed by atoms with Crippen molar-refractivity contribution in [3.8, 4) is 5.75 Å². The zero-order chi connectivity index (χ0) is 20.1. The molecule has 0 bridgehead atoms. The molecule has 9 heteroatoms. The van der Waals surface area contributed by atoms with Gasteiger partial charge in [0.2, 0.25) is 0 Å². The summed E-state index contributed by atoms with van der Waals surface area (Å²) >= 11 is 6.92. The molecule has 0 aliphatic rings. The van der Waals surface area contributed by atoms with Crippen LogP contribution in [0.3, 0.4) is 0 Å². The summed E-state index contributed by atoms with van der Waals surface area (Å²) in [5.41, 5.74) is 2.45. The topological polar surface area (TPSA) is 112 Å². The van der Waals surface area contributed by atoms with E-state index >= 15 is 0 Å². The summed E-state index contributed by atoms with van der Waals surface area (Å²) in [5, 5.41) is 24.7. The molecule has 0 spiro atoms. The highest BCUT2D eigenvalue weighted by molar-refractivity contribution is 7.14. The number of aliphatic hydroxyl groups is 1. The van der Waals surface area contributed by atoms with Crippen molar-refractivity contribution in [3.63, 3.8) is 0 Å². The van der Waals surface area contributed by atoms with Crippen molar-refractivity contribution in [2.45, 2.75) is 6.04 Å². The zero-order valence-corrected chi connectivity index (χ0v) is 16.0. The van der Waals surface area contributed by atoms with Crippen LogP contribution in [0.5, 0.6) is 5.75 Å². The van der Waals surface area contributed by atoms with E-state index in [2.05, 4.69) is 15.6 Å². The highest BCUT2D eigenvalue weighted by Crippen LogP contribution is 2.26. The molecule has 2 aromatic carbocycles. The molecule has 4 N–H and O–H groups in total. The lowest BCUT2D eigenvalue weighted by Crippen LogP contribution is -2.31. The van der Waals surface area contributed by atoms with Crippen molar-refractivity contribution < 1.29 is 19.8 Å². The third-order valence-electron chi connectivity index (χ3n) is 3.91. The van der Waals surface area contributed by atoms with Crippen molar-refractivity contribution in [3.05, 3.63) is 75.9 Å². The Morgan fingerprint density at radius 1 is 1.14 bits per heavy atom. The average Bonchev–Trinajstić information content (AvgIpc) is 3.17. The van der Waals surface area contributed by atoms with Crippen LogP contribution in [0.4, 0.5) is 5.00 Å². The van der Waals surface area contributed by atoms with Gasteiger partial charge >= 0.3 is 0 Å². The first-order valence-corrected chi connectivity index (χ1v) is 9.45. The molecule has 0 saturated heterocycles. The molecular weight excluding hydrogens is 402 g/mol. The third kappa shape index (κ3) is 4.48. The lowest BCUT2D eigenvalue weighted by Gasteiger charge is -2.16. The van der Waals surface area contributed by atoms with E-state index in [1.54, 1.807) is 24.3 Å². The summed E-state index contributed by atoms with van der Waals surface area (Å²) in [4.78, 5) is 29.0. The van der Waals surface area contributed by atoms with Crippen LogP contribution in [-0.2, 0) is 0 Å². The number of aliphatic hydroxyl groups excluding tert-OH is 1. The average molecular weight is 418 g/mol. The Balaban J connectivity index is 1.74. The van der Waals surface area contributed by atoms with Gasteiger partial charge in [0, 0.05) is 5.56 Å². The predicted octanol–water partition coefficient (Wildman–Crippen LogP) is 3.22. The molecule has 0 aliphatic carbocycles. The van der Waals surface area contributed by atoms with Gasteiger partial charge in [-0.25, -0.2) is 4.98 Å². The van der Waals surface area contributed by atoms with Crippen LogP contribution in [0.25, 0.3) is 0 Å². The second-order valence-electron chi connectivity index (χ2n) is 5.77. The van der Waals surface area contributed by atoms with Crippen molar-refractivity contribution in [2.75, 3.05) is 11.9 Å².